The van der Waals surface area contributed by atoms with Crippen LogP contribution < -0.4 is 5.32 Å². The normalized spacial score (nSPS) is 19.5. The van der Waals surface area contributed by atoms with Gasteiger partial charge in [0, 0.05) is 19.8 Å². The molecule has 1 unspecified atom stereocenters. The summed E-state index contributed by atoms with van der Waals surface area (Å²) in [5.74, 6) is -0.320. The molecule has 3 rings (SSSR count). The third-order valence-corrected chi connectivity index (χ3v) is 4.61. The quantitative estimate of drug-likeness (QED) is 0.905. The first-order valence-electron chi connectivity index (χ1n) is 7.19. The number of nitrogens with one attached hydrogen (secondary N) is 1. The third kappa shape index (κ3) is 3.21. The molecule has 2 heterocycles. The van der Waals surface area contributed by atoms with E-state index in [1.54, 1.807) is 24.3 Å². The van der Waals surface area contributed by atoms with E-state index in [1.165, 1.54) is 22.7 Å². The number of alkyl halides is 3. The van der Waals surface area contributed by atoms with Crippen LogP contribution in [0.3, 0.4) is 0 Å². The number of carbonyl (C=O) groups excluding carboxylic acids is 1. The molecule has 2 aliphatic rings. The summed E-state index contributed by atoms with van der Waals surface area (Å²) in [5.41, 5.74) is -0.307. The van der Waals surface area contributed by atoms with Crippen LogP contribution in [0.2, 0.25) is 0 Å². The lowest BCUT2D eigenvalue weighted by Gasteiger charge is -2.18. The number of carbonyl (C=O) groups is 1. The minimum absolute atomic E-state index is 0.0217. The number of hydrogen-bond donors (Lipinski definition) is 1. The molecule has 0 spiro atoms. The maximum absolute atomic E-state index is 12.8. The van der Waals surface area contributed by atoms with Gasteiger partial charge in [-0.25, -0.2) is 5.01 Å². The SMILES string of the molecule is CC1NC=C2SC(C(=O)N(C)Cc3cccc(C(F)(F)F)c3)=NN21. The summed E-state index contributed by atoms with van der Waals surface area (Å²) in [6.07, 6.45) is -2.64. The van der Waals surface area contributed by atoms with Crippen LogP contribution in [0.1, 0.15) is 18.1 Å². The van der Waals surface area contributed by atoms with E-state index in [4.69, 9.17) is 0 Å². The predicted octanol–water partition coefficient (Wildman–Crippen LogP) is 2.77. The summed E-state index contributed by atoms with van der Waals surface area (Å²) >= 11 is 1.24. The van der Waals surface area contributed by atoms with Gasteiger partial charge in [0.25, 0.3) is 5.91 Å². The molecule has 0 bridgehead atoms. The zero-order valence-electron chi connectivity index (χ0n) is 13.0. The van der Waals surface area contributed by atoms with E-state index in [9.17, 15) is 18.0 Å². The van der Waals surface area contributed by atoms with Gasteiger partial charge in [-0.1, -0.05) is 12.1 Å². The van der Waals surface area contributed by atoms with Gasteiger partial charge in [0.15, 0.2) is 5.04 Å². The number of hydrogen-bond acceptors (Lipinski definition) is 5. The Hall–Kier alpha value is -2.16. The molecule has 0 radical (unpaired) electrons. The molecule has 5 nitrogen and oxygen atoms in total. The Morgan fingerprint density at radius 2 is 2.21 bits per heavy atom. The van der Waals surface area contributed by atoms with Crippen LogP contribution in [0.4, 0.5) is 13.2 Å². The standard InChI is InChI=1S/C15H15F3N4OS/c1-9-19-7-12-22(9)20-13(24-12)14(23)21(2)8-10-4-3-5-11(6-10)15(16,17)18/h3-7,9,19H,8H2,1-2H3. The molecule has 1 aromatic rings. The average molecular weight is 356 g/mol. The Labute approximate surface area is 141 Å². The number of rotatable bonds is 3. The van der Waals surface area contributed by atoms with Gasteiger partial charge in [-0.3, -0.25) is 4.79 Å². The van der Waals surface area contributed by atoms with Crippen molar-refractivity contribution < 1.29 is 18.0 Å². The van der Waals surface area contributed by atoms with Gasteiger partial charge in [0.05, 0.1) is 5.56 Å². The lowest BCUT2D eigenvalue weighted by molar-refractivity contribution is -0.137. The van der Waals surface area contributed by atoms with Gasteiger partial charge in [-0.2, -0.15) is 18.3 Å². The molecule has 0 fully saturated rings. The Balaban J connectivity index is 1.70. The van der Waals surface area contributed by atoms with Crippen molar-refractivity contribution in [2.45, 2.75) is 25.8 Å². The van der Waals surface area contributed by atoms with Crippen LogP contribution >= 0.6 is 11.8 Å². The molecule has 0 aliphatic carbocycles. The van der Waals surface area contributed by atoms with Gasteiger partial charge in [-0.15, -0.1) is 0 Å². The van der Waals surface area contributed by atoms with Crippen LogP contribution in [0, 0.1) is 0 Å². The summed E-state index contributed by atoms with van der Waals surface area (Å²) in [6, 6.07) is 4.97. The van der Waals surface area contributed by atoms with Gasteiger partial charge < -0.3 is 10.2 Å². The first-order valence-corrected chi connectivity index (χ1v) is 8.01. The zero-order valence-corrected chi connectivity index (χ0v) is 13.8. The average Bonchev–Trinajstić information content (AvgIpc) is 3.08. The first-order chi connectivity index (χ1) is 11.3. The molecule has 0 saturated heterocycles. The minimum Gasteiger partial charge on any atom is -0.368 e. The van der Waals surface area contributed by atoms with E-state index in [-0.39, 0.29) is 18.6 Å². The molecule has 1 amide bonds. The fourth-order valence-corrected chi connectivity index (χ4v) is 3.38. The van der Waals surface area contributed by atoms with Crippen molar-refractivity contribution in [1.29, 1.82) is 0 Å². The predicted molar refractivity (Wildman–Crippen MR) is 85.5 cm³/mol. The second-order valence-corrected chi connectivity index (χ2v) is 6.55. The lowest BCUT2D eigenvalue weighted by Crippen LogP contribution is -2.32. The van der Waals surface area contributed by atoms with Crippen molar-refractivity contribution in [2.75, 3.05) is 7.05 Å². The summed E-state index contributed by atoms with van der Waals surface area (Å²) in [6.45, 7) is 1.99. The summed E-state index contributed by atoms with van der Waals surface area (Å²) < 4.78 is 38.3. The molecule has 2 aliphatic heterocycles. The maximum atomic E-state index is 12.8. The smallest absolute Gasteiger partial charge is 0.368 e. The summed E-state index contributed by atoms with van der Waals surface area (Å²) in [5, 5.41) is 10.2. The largest absolute Gasteiger partial charge is 0.416 e. The third-order valence-electron chi connectivity index (χ3n) is 3.64. The molecule has 9 heteroatoms. The van der Waals surface area contributed by atoms with E-state index in [2.05, 4.69) is 10.4 Å². The highest BCUT2D eigenvalue weighted by Gasteiger charge is 2.34. The molecule has 1 atom stereocenters. The fourth-order valence-electron chi connectivity index (χ4n) is 2.39. The highest BCUT2D eigenvalue weighted by atomic mass is 32.2. The van der Waals surface area contributed by atoms with Crippen LogP contribution in [0.15, 0.2) is 40.6 Å². The van der Waals surface area contributed by atoms with Crippen LogP contribution in [-0.2, 0) is 17.5 Å². The number of benzene rings is 1. The van der Waals surface area contributed by atoms with Crippen molar-refractivity contribution in [3.8, 4) is 0 Å². The number of fused-ring (bicyclic) bond motifs is 1. The maximum Gasteiger partial charge on any atom is 0.416 e. The Kier molecular flexibility index (Phi) is 4.20. The molecule has 24 heavy (non-hydrogen) atoms. The van der Waals surface area contributed by atoms with Gasteiger partial charge in [0.2, 0.25) is 0 Å². The van der Waals surface area contributed by atoms with Crippen molar-refractivity contribution >= 4 is 22.7 Å². The minimum atomic E-state index is -4.40. The Morgan fingerprint density at radius 3 is 2.88 bits per heavy atom. The molecular formula is C15H15F3N4OS. The molecule has 1 N–H and O–H groups in total. The monoisotopic (exact) mass is 356 g/mol. The first kappa shape index (κ1) is 16.7. The highest BCUT2D eigenvalue weighted by molar-refractivity contribution is 8.19. The fraction of sp³-hybridized carbons (Fsp3) is 0.333. The van der Waals surface area contributed by atoms with Crippen molar-refractivity contribution in [2.24, 2.45) is 5.10 Å². The zero-order chi connectivity index (χ0) is 17.5. The van der Waals surface area contributed by atoms with Gasteiger partial charge in [-0.05, 0) is 36.4 Å². The van der Waals surface area contributed by atoms with Crippen molar-refractivity contribution in [3.63, 3.8) is 0 Å². The second kappa shape index (κ2) is 6.04. The highest BCUT2D eigenvalue weighted by Crippen LogP contribution is 2.34. The topological polar surface area (TPSA) is 47.9 Å². The van der Waals surface area contributed by atoms with Crippen LogP contribution in [0.25, 0.3) is 0 Å². The lowest BCUT2D eigenvalue weighted by atomic mass is 10.1. The summed E-state index contributed by atoms with van der Waals surface area (Å²) in [7, 11) is 1.55. The molecule has 0 saturated carbocycles. The second-order valence-electron chi connectivity index (χ2n) is 5.54. The molecule has 0 aromatic heterocycles. The molecular weight excluding hydrogens is 341 g/mol. The van der Waals surface area contributed by atoms with Crippen molar-refractivity contribution in [3.05, 3.63) is 46.6 Å². The van der Waals surface area contributed by atoms with E-state index in [1.807, 2.05) is 6.92 Å². The Bertz CT molecular complexity index is 732. The van der Waals surface area contributed by atoms with E-state index >= 15 is 0 Å². The Morgan fingerprint density at radius 1 is 1.46 bits per heavy atom. The number of halogens is 3. The number of thioether (sulfide) groups is 1. The number of hydrazone groups is 1. The summed E-state index contributed by atoms with van der Waals surface area (Å²) in [4.78, 5) is 13.8. The van der Waals surface area contributed by atoms with Gasteiger partial charge in [0.1, 0.15) is 11.2 Å². The van der Waals surface area contributed by atoms with Gasteiger partial charge >= 0.3 is 6.18 Å². The van der Waals surface area contributed by atoms with E-state index in [0.717, 1.165) is 17.2 Å². The van der Waals surface area contributed by atoms with E-state index in [0.29, 0.717) is 10.6 Å². The molecule has 128 valence electrons. The van der Waals surface area contributed by atoms with Crippen LogP contribution in [0.5, 0.6) is 0 Å². The number of nitrogens with zero attached hydrogens (tertiary/aromatic N) is 3. The van der Waals surface area contributed by atoms with Crippen molar-refractivity contribution in [1.82, 2.24) is 15.2 Å². The van der Waals surface area contributed by atoms with E-state index < -0.39 is 11.7 Å². The van der Waals surface area contributed by atoms with Crippen LogP contribution in [-0.4, -0.2) is 34.1 Å². The number of amides is 1. The molecule has 1 aromatic carbocycles.